The van der Waals surface area contributed by atoms with Crippen LogP contribution in [-0.2, 0) is 0 Å². The summed E-state index contributed by atoms with van der Waals surface area (Å²) in [7, 11) is 0. The maximum atomic E-state index is 4.45. The summed E-state index contributed by atoms with van der Waals surface area (Å²) in [5.74, 6) is 1.37. The number of hydrogen-bond acceptors (Lipinski definition) is 5. The van der Waals surface area contributed by atoms with Crippen LogP contribution in [0.3, 0.4) is 0 Å². The van der Waals surface area contributed by atoms with Crippen LogP contribution in [0, 0.1) is 0 Å². The Morgan fingerprint density at radius 3 is 3.06 bits per heavy atom. The predicted octanol–water partition coefficient (Wildman–Crippen LogP) is 2.22. The number of nitrogens with zero attached hydrogens (tertiary/aromatic N) is 2. The van der Waals surface area contributed by atoms with Gasteiger partial charge in [0.05, 0.1) is 0 Å². The summed E-state index contributed by atoms with van der Waals surface area (Å²) in [4.78, 5) is 4.45. The van der Waals surface area contributed by atoms with Crippen LogP contribution in [0.2, 0.25) is 0 Å². The monoisotopic (exact) mass is 240 g/mol. The minimum atomic E-state index is 0.420. The van der Waals surface area contributed by atoms with Gasteiger partial charge in [-0.15, -0.1) is 0 Å². The first kappa shape index (κ1) is 11.8. The van der Waals surface area contributed by atoms with Gasteiger partial charge in [0.1, 0.15) is 5.82 Å². The third-order valence-electron chi connectivity index (χ3n) is 2.89. The van der Waals surface area contributed by atoms with Gasteiger partial charge in [-0.3, -0.25) is 0 Å². The smallest absolute Gasteiger partial charge is 0.202 e. The molecule has 1 fully saturated rings. The van der Waals surface area contributed by atoms with Crippen molar-refractivity contribution in [1.82, 2.24) is 14.7 Å². The fourth-order valence-corrected chi connectivity index (χ4v) is 2.63. The molecule has 2 rings (SSSR count). The maximum Gasteiger partial charge on any atom is 0.202 e. The summed E-state index contributed by atoms with van der Waals surface area (Å²) < 4.78 is 4.32. The van der Waals surface area contributed by atoms with Gasteiger partial charge in [-0.1, -0.05) is 13.8 Å². The van der Waals surface area contributed by atoms with E-state index in [4.69, 9.17) is 0 Å². The van der Waals surface area contributed by atoms with Crippen LogP contribution in [0.4, 0.5) is 5.13 Å². The highest BCUT2D eigenvalue weighted by Gasteiger charge is 2.13. The van der Waals surface area contributed by atoms with Crippen molar-refractivity contribution >= 4 is 16.7 Å². The number of rotatable bonds is 5. The molecule has 1 atom stereocenters. The Hall–Kier alpha value is -0.680. The SMILES string of the molecule is CC(C)c1nsc(NCC[C@@H]2CCCN2)n1. The van der Waals surface area contributed by atoms with Gasteiger partial charge in [0, 0.05) is 30.0 Å². The summed E-state index contributed by atoms with van der Waals surface area (Å²) in [5.41, 5.74) is 0. The van der Waals surface area contributed by atoms with Crippen molar-refractivity contribution in [3.05, 3.63) is 5.82 Å². The highest BCUT2D eigenvalue weighted by molar-refractivity contribution is 7.09. The molecular formula is C11H20N4S. The van der Waals surface area contributed by atoms with Crippen molar-refractivity contribution in [3.63, 3.8) is 0 Å². The van der Waals surface area contributed by atoms with Gasteiger partial charge in [0.15, 0.2) is 0 Å². The standard InChI is InChI=1S/C11H20N4S/c1-8(2)10-14-11(16-15-10)13-7-5-9-4-3-6-12-9/h8-9,12H,3-7H2,1-2H3,(H,13,14,15)/t9-/m0/s1. The van der Waals surface area contributed by atoms with Gasteiger partial charge >= 0.3 is 0 Å². The Labute approximate surface area is 101 Å². The van der Waals surface area contributed by atoms with Crippen molar-refractivity contribution < 1.29 is 0 Å². The Morgan fingerprint density at radius 2 is 2.44 bits per heavy atom. The van der Waals surface area contributed by atoms with Crippen LogP contribution < -0.4 is 10.6 Å². The summed E-state index contributed by atoms with van der Waals surface area (Å²) >= 11 is 1.47. The zero-order chi connectivity index (χ0) is 11.4. The molecule has 0 spiro atoms. The van der Waals surface area contributed by atoms with E-state index < -0.39 is 0 Å². The molecule has 1 aliphatic heterocycles. The van der Waals surface area contributed by atoms with Crippen LogP contribution in [0.25, 0.3) is 0 Å². The third kappa shape index (κ3) is 3.15. The molecule has 2 N–H and O–H groups in total. The molecule has 0 bridgehead atoms. The first-order chi connectivity index (χ1) is 7.75. The average Bonchev–Trinajstić information content (AvgIpc) is 2.87. The van der Waals surface area contributed by atoms with E-state index in [9.17, 15) is 0 Å². The molecule has 90 valence electrons. The third-order valence-corrected chi connectivity index (χ3v) is 3.58. The first-order valence-corrected chi connectivity index (χ1v) is 6.84. The van der Waals surface area contributed by atoms with Gasteiger partial charge in [-0.05, 0) is 25.8 Å². The number of anilines is 1. The number of hydrogen-bond donors (Lipinski definition) is 2. The van der Waals surface area contributed by atoms with Crippen molar-refractivity contribution in [1.29, 1.82) is 0 Å². The average molecular weight is 240 g/mol. The van der Waals surface area contributed by atoms with E-state index in [2.05, 4.69) is 33.8 Å². The molecule has 1 aromatic rings. The number of aromatic nitrogens is 2. The van der Waals surface area contributed by atoms with E-state index in [1.807, 2.05) is 0 Å². The van der Waals surface area contributed by atoms with Crippen LogP contribution in [0.5, 0.6) is 0 Å². The van der Waals surface area contributed by atoms with Crippen LogP contribution in [-0.4, -0.2) is 28.5 Å². The zero-order valence-corrected chi connectivity index (χ0v) is 10.8. The second-order valence-corrected chi connectivity index (χ2v) is 5.37. The molecule has 0 aromatic carbocycles. The molecule has 0 amide bonds. The highest BCUT2D eigenvalue weighted by atomic mass is 32.1. The normalized spacial score (nSPS) is 20.6. The van der Waals surface area contributed by atoms with E-state index in [-0.39, 0.29) is 0 Å². The molecule has 0 saturated carbocycles. The van der Waals surface area contributed by atoms with Gasteiger partial charge in [-0.25, -0.2) is 4.98 Å². The van der Waals surface area contributed by atoms with Crippen molar-refractivity contribution in [2.75, 3.05) is 18.4 Å². The largest absolute Gasteiger partial charge is 0.360 e. The molecule has 16 heavy (non-hydrogen) atoms. The van der Waals surface area contributed by atoms with E-state index in [0.29, 0.717) is 12.0 Å². The van der Waals surface area contributed by atoms with E-state index in [1.54, 1.807) is 0 Å². The fraction of sp³-hybridized carbons (Fsp3) is 0.818. The lowest BCUT2D eigenvalue weighted by Crippen LogP contribution is -2.24. The van der Waals surface area contributed by atoms with Crippen LogP contribution in [0.15, 0.2) is 0 Å². The molecule has 0 unspecified atom stereocenters. The summed E-state index contributed by atoms with van der Waals surface area (Å²) in [6.45, 7) is 6.41. The van der Waals surface area contributed by atoms with Crippen LogP contribution in [0.1, 0.15) is 44.9 Å². The van der Waals surface area contributed by atoms with Crippen molar-refractivity contribution in [2.24, 2.45) is 0 Å². The Bertz CT molecular complexity index is 318. The molecule has 0 radical (unpaired) electrons. The summed E-state index contributed by atoms with van der Waals surface area (Å²) in [6, 6.07) is 0.699. The Balaban J connectivity index is 1.72. The Kier molecular flexibility index (Phi) is 4.12. The minimum absolute atomic E-state index is 0.420. The van der Waals surface area contributed by atoms with Gasteiger partial charge in [0.25, 0.3) is 0 Å². The van der Waals surface area contributed by atoms with E-state index in [1.165, 1.54) is 37.3 Å². The van der Waals surface area contributed by atoms with Crippen LogP contribution >= 0.6 is 11.5 Å². The fourth-order valence-electron chi connectivity index (χ4n) is 1.90. The molecule has 5 heteroatoms. The lowest BCUT2D eigenvalue weighted by Gasteiger charge is -2.09. The predicted molar refractivity (Wildman–Crippen MR) is 68.1 cm³/mol. The van der Waals surface area contributed by atoms with Gasteiger partial charge < -0.3 is 10.6 Å². The zero-order valence-electron chi connectivity index (χ0n) is 9.99. The topological polar surface area (TPSA) is 49.8 Å². The first-order valence-electron chi connectivity index (χ1n) is 6.06. The number of nitrogens with one attached hydrogen (secondary N) is 2. The van der Waals surface area contributed by atoms with E-state index >= 15 is 0 Å². The van der Waals surface area contributed by atoms with Gasteiger partial charge in [-0.2, -0.15) is 4.37 Å². The lowest BCUT2D eigenvalue weighted by molar-refractivity contribution is 0.574. The second kappa shape index (κ2) is 5.59. The molecular weight excluding hydrogens is 220 g/mol. The molecule has 0 aliphatic carbocycles. The molecule has 1 aliphatic rings. The molecule has 4 nitrogen and oxygen atoms in total. The van der Waals surface area contributed by atoms with Crippen molar-refractivity contribution in [3.8, 4) is 0 Å². The van der Waals surface area contributed by atoms with E-state index in [0.717, 1.165) is 17.5 Å². The minimum Gasteiger partial charge on any atom is -0.360 e. The quantitative estimate of drug-likeness (QED) is 0.828. The Morgan fingerprint density at radius 1 is 1.56 bits per heavy atom. The second-order valence-electron chi connectivity index (χ2n) is 4.62. The summed E-state index contributed by atoms with van der Waals surface area (Å²) in [5, 5.41) is 7.81. The molecule has 1 aromatic heterocycles. The van der Waals surface area contributed by atoms with Gasteiger partial charge in [0.2, 0.25) is 5.13 Å². The molecule has 1 saturated heterocycles. The lowest BCUT2D eigenvalue weighted by atomic mass is 10.2. The highest BCUT2D eigenvalue weighted by Crippen LogP contribution is 2.17. The van der Waals surface area contributed by atoms with Crippen molar-refractivity contribution in [2.45, 2.75) is 45.1 Å². The summed E-state index contributed by atoms with van der Waals surface area (Å²) in [6.07, 6.45) is 3.81. The maximum absolute atomic E-state index is 4.45. The molecule has 2 heterocycles.